The van der Waals surface area contributed by atoms with Crippen LogP contribution in [-0.2, 0) is 0 Å². The summed E-state index contributed by atoms with van der Waals surface area (Å²) in [4.78, 5) is 0. The minimum absolute atomic E-state index is 0.306. The Balaban J connectivity index is 2.58. The third kappa shape index (κ3) is 3.04. The summed E-state index contributed by atoms with van der Waals surface area (Å²) in [5, 5.41) is 3.25. The van der Waals surface area contributed by atoms with Crippen molar-refractivity contribution in [3.05, 3.63) is 35.8 Å². The lowest BCUT2D eigenvalue weighted by Gasteiger charge is -2.13. The van der Waals surface area contributed by atoms with Gasteiger partial charge in [0.2, 0.25) is 0 Å². The van der Waals surface area contributed by atoms with Crippen molar-refractivity contribution < 1.29 is 4.42 Å². The van der Waals surface area contributed by atoms with E-state index in [4.69, 9.17) is 4.42 Å². The maximum absolute atomic E-state index is 5.58. The molecule has 0 aliphatic carbocycles. The maximum atomic E-state index is 5.58. The first-order valence-corrected chi connectivity index (χ1v) is 5.01. The SMILES string of the molecule is C=C(C)CCC(NC)c1ccc(C)o1. The molecule has 78 valence electrons. The normalized spacial score (nSPS) is 12.8. The summed E-state index contributed by atoms with van der Waals surface area (Å²) in [6, 6.07) is 4.34. The lowest BCUT2D eigenvalue weighted by Crippen LogP contribution is -2.15. The van der Waals surface area contributed by atoms with Crippen LogP contribution in [0.4, 0.5) is 0 Å². The largest absolute Gasteiger partial charge is 0.465 e. The molecule has 0 spiro atoms. The van der Waals surface area contributed by atoms with Crippen molar-refractivity contribution in [2.45, 2.75) is 32.7 Å². The summed E-state index contributed by atoms with van der Waals surface area (Å²) >= 11 is 0. The van der Waals surface area contributed by atoms with Gasteiger partial charge in [-0.2, -0.15) is 0 Å². The Kier molecular flexibility index (Phi) is 3.96. The van der Waals surface area contributed by atoms with Crippen molar-refractivity contribution in [1.29, 1.82) is 0 Å². The maximum Gasteiger partial charge on any atom is 0.121 e. The second kappa shape index (κ2) is 5.01. The highest BCUT2D eigenvalue weighted by Gasteiger charge is 2.12. The molecule has 1 unspecified atom stereocenters. The van der Waals surface area contributed by atoms with E-state index in [0.717, 1.165) is 24.4 Å². The molecule has 0 saturated heterocycles. The van der Waals surface area contributed by atoms with Gasteiger partial charge in [0.05, 0.1) is 6.04 Å². The Morgan fingerprint density at radius 2 is 2.29 bits per heavy atom. The smallest absolute Gasteiger partial charge is 0.121 e. The molecule has 0 fully saturated rings. The monoisotopic (exact) mass is 193 g/mol. The van der Waals surface area contributed by atoms with Crippen LogP contribution < -0.4 is 5.32 Å². The van der Waals surface area contributed by atoms with E-state index in [9.17, 15) is 0 Å². The van der Waals surface area contributed by atoms with E-state index in [1.807, 2.05) is 26.1 Å². The Labute approximate surface area is 86.0 Å². The summed E-state index contributed by atoms with van der Waals surface area (Å²) < 4.78 is 5.58. The van der Waals surface area contributed by atoms with E-state index in [-0.39, 0.29) is 0 Å². The molecule has 0 saturated carbocycles. The molecule has 0 amide bonds. The van der Waals surface area contributed by atoms with Crippen molar-refractivity contribution in [1.82, 2.24) is 5.32 Å². The van der Waals surface area contributed by atoms with Crippen LogP contribution >= 0.6 is 0 Å². The van der Waals surface area contributed by atoms with Crippen molar-refractivity contribution in [2.24, 2.45) is 0 Å². The predicted octanol–water partition coefficient (Wildman–Crippen LogP) is 3.20. The van der Waals surface area contributed by atoms with Gasteiger partial charge in [-0.1, -0.05) is 5.57 Å². The second-order valence-corrected chi connectivity index (χ2v) is 3.79. The highest BCUT2D eigenvalue weighted by Crippen LogP contribution is 2.21. The first-order chi connectivity index (χ1) is 6.63. The van der Waals surface area contributed by atoms with Gasteiger partial charge in [-0.05, 0) is 45.9 Å². The van der Waals surface area contributed by atoms with Crippen molar-refractivity contribution in [2.75, 3.05) is 7.05 Å². The lowest BCUT2D eigenvalue weighted by molar-refractivity contribution is 0.402. The summed E-state index contributed by atoms with van der Waals surface area (Å²) in [6.07, 6.45) is 2.07. The fourth-order valence-electron chi connectivity index (χ4n) is 1.46. The molecule has 14 heavy (non-hydrogen) atoms. The Bertz CT molecular complexity index is 301. The zero-order valence-corrected chi connectivity index (χ0v) is 9.26. The van der Waals surface area contributed by atoms with E-state index in [0.29, 0.717) is 6.04 Å². The van der Waals surface area contributed by atoms with Crippen LogP contribution in [0, 0.1) is 6.92 Å². The fraction of sp³-hybridized carbons (Fsp3) is 0.500. The fourth-order valence-corrected chi connectivity index (χ4v) is 1.46. The van der Waals surface area contributed by atoms with Crippen molar-refractivity contribution in [3.63, 3.8) is 0 Å². The van der Waals surface area contributed by atoms with Gasteiger partial charge in [0.1, 0.15) is 11.5 Å². The van der Waals surface area contributed by atoms with Gasteiger partial charge in [0.15, 0.2) is 0 Å². The third-order valence-corrected chi connectivity index (χ3v) is 2.31. The molecule has 1 aromatic rings. The molecule has 1 heterocycles. The summed E-state index contributed by atoms with van der Waals surface area (Å²) in [5.41, 5.74) is 1.22. The van der Waals surface area contributed by atoms with E-state index in [2.05, 4.69) is 18.8 Å². The van der Waals surface area contributed by atoms with E-state index < -0.39 is 0 Å². The Morgan fingerprint density at radius 1 is 1.57 bits per heavy atom. The topological polar surface area (TPSA) is 25.2 Å². The molecule has 2 nitrogen and oxygen atoms in total. The highest BCUT2D eigenvalue weighted by molar-refractivity contribution is 5.10. The molecule has 2 heteroatoms. The summed E-state index contributed by atoms with van der Waals surface area (Å²) in [7, 11) is 1.96. The van der Waals surface area contributed by atoms with Gasteiger partial charge in [-0.3, -0.25) is 0 Å². The predicted molar refractivity (Wildman–Crippen MR) is 59.3 cm³/mol. The molecular formula is C12H19NO. The molecular weight excluding hydrogens is 174 g/mol. The molecule has 0 bridgehead atoms. The molecule has 1 rings (SSSR count). The minimum Gasteiger partial charge on any atom is -0.465 e. The summed E-state index contributed by atoms with van der Waals surface area (Å²) in [5.74, 6) is 1.99. The van der Waals surface area contributed by atoms with Crippen LogP contribution in [0.15, 0.2) is 28.7 Å². The molecule has 1 N–H and O–H groups in total. The number of rotatable bonds is 5. The van der Waals surface area contributed by atoms with Crippen LogP contribution in [0.1, 0.15) is 37.3 Å². The van der Waals surface area contributed by atoms with Crippen LogP contribution in [0.2, 0.25) is 0 Å². The van der Waals surface area contributed by atoms with Gasteiger partial charge < -0.3 is 9.73 Å². The van der Waals surface area contributed by atoms with E-state index >= 15 is 0 Å². The van der Waals surface area contributed by atoms with Gasteiger partial charge in [0, 0.05) is 0 Å². The van der Waals surface area contributed by atoms with Crippen LogP contribution in [-0.4, -0.2) is 7.05 Å². The first-order valence-electron chi connectivity index (χ1n) is 5.01. The standard InChI is InChI=1S/C12H19NO/c1-9(2)5-7-11(13-4)12-8-6-10(3)14-12/h6,8,11,13H,1,5,7H2,2-4H3. The van der Waals surface area contributed by atoms with Crippen LogP contribution in [0.5, 0.6) is 0 Å². The number of nitrogens with one attached hydrogen (secondary N) is 1. The number of allylic oxidation sites excluding steroid dienone is 1. The number of hydrogen-bond acceptors (Lipinski definition) is 2. The average Bonchev–Trinajstić information content (AvgIpc) is 2.53. The molecule has 0 aliphatic rings. The van der Waals surface area contributed by atoms with Crippen LogP contribution in [0.3, 0.4) is 0 Å². The molecule has 0 aliphatic heterocycles. The molecule has 1 aromatic heterocycles. The quantitative estimate of drug-likeness (QED) is 0.726. The van der Waals surface area contributed by atoms with E-state index in [1.165, 1.54) is 5.57 Å². The van der Waals surface area contributed by atoms with Crippen LogP contribution in [0.25, 0.3) is 0 Å². The highest BCUT2D eigenvalue weighted by atomic mass is 16.3. The Hall–Kier alpha value is -1.02. The second-order valence-electron chi connectivity index (χ2n) is 3.79. The first kappa shape index (κ1) is 11.1. The zero-order chi connectivity index (χ0) is 10.6. The number of hydrogen-bond donors (Lipinski definition) is 1. The van der Waals surface area contributed by atoms with Crippen molar-refractivity contribution in [3.8, 4) is 0 Å². The molecule has 0 radical (unpaired) electrons. The Morgan fingerprint density at radius 3 is 2.71 bits per heavy atom. The lowest BCUT2D eigenvalue weighted by atomic mass is 10.1. The van der Waals surface area contributed by atoms with E-state index in [1.54, 1.807) is 0 Å². The molecule has 1 atom stereocenters. The average molecular weight is 193 g/mol. The van der Waals surface area contributed by atoms with Crippen molar-refractivity contribution >= 4 is 0 Å². The van der Waals surface area contributed by atoms with Gasteiger partial charge >= 0.3 is 0 Å². The van der Waals surface area contributed by atoms with Gasteiger partial charge in [-0.25, -0.2) is 0 Å². The molecule has 0 aromatic carbocycles. The van der Waals surface area contributed by atoms with Gasteiger partial charge in [-0.15, -0.1) is 6.58 Å². The summed E-state index contributed by atoms with van der Waals surface area (Å²) in [6.45, 7) is 7.92. The van der Waals surface area contributed by atoms with Gasteiger partial charge in [0.25, 0.3) is 0 Å². The number of furan rings is 1. The zero-order valence-electron chi connectivity index (χ0n) is 9.26. The minimum atomic E-state index is 0.306. The third-order valence-electron chi connectivity index (χ3n) is 2.31. The number of aryl methyl sites for hydroxylation is 1.